The molecule has 0 saturated carbocycles. The molecule has 1 amide bonds. The van der Waals surface area contributed by atoms with Crippen LogP contribution in [0.5, 0.6) is 0 Å². The first-order valence-electron chi connectivity index (χ1n) is 10.1. The van der Waals surface area contributed by atoms with Gasteiger partial charge in [-0.15, -0.1) is 0 Å². The highest BCUT2D eigenvalue weighted by atomic mass is 19.1. The number of amides is 1. The van der Waals surface area contributed by atoms with E-state index in [9.17, 15) is 9.18 Å². The van der Waals surface area contributed by atoms with Crippen LogP contribution in [0, 0.1) is 5.82 Å². The molecule has 4 nitrogen and oxygen atoms in total. The van der Waals surface area contributed by atoms with E-state index in [0.29, 0.717) is 0 Å². The molecular formula is C21H29FN2O2. The Bertz CT molecular complexity index is 629. The molecule has 3 fully saturated rings. The van der Waals surface area contributed by atoms with Gasteiger partial charge in [-0.25, -0.2) is 4.39 Å². The molecule has 0 aliphatic carbocycles. The lowest BCUT2D eigenvalue weighted by Crippen LogP contribution is -2.45. The Morgan fingerprint density at radius 3 is 2.58 bits per heavy atom. The third-order valence-corrected chi connectivity index (χ3v) is 6.46. The number of hydrogen-bond acceptors (Lipinski definition) is 3. The molecular weight excluding hydrogens is 331 g/mol. The fourth-order valence-corrected chi connectivity index (χ4v) is 4.99. The van der Waals surface area contributed by atoms with Crippen LogP contribution in [0.4, 0.5) is 4.39 Å². The van der Waals surface area contributed by atoms with Gasteiger partial charge in [0.25, 0.3) is 5.91 Å². The lowest BCUT2D eigenvalue weighted by molar-refractivity contribution is -0.140. The molecule has 3 aliphatic rings. The summed E-state index contributed by atoms with van der Waals surface area (Å²) in [7, 11) is 0. The maximum absolute atomic E-state index is 13.2. The Kier molecular flexibility index (Phi) is 5.28. The predicted octanol–water partition coefficient (Wildman–Crippen LogP) is 3.35. The van der Waals surface area contributed by atoms with Gasteiger partial charge in [-0.05, 0) is 69.2 Å². The first-order chi connectivity index (χ1) is 12.7. The van der Waals surface area contributed by atoms with Crippen molar-refractivity contribution in [3.8, 4) is 0 Å². The van der Waals surface area contributed by atoms with Gasteiger partial charge in [0.15, 0.2) is 0 Å². The van der Waals surface area contributed by atoms with Gasteiger partial charge in [-0.3, -0.25) is 9.69 Å². The van der Waals surface area contributed by atoms with E-state index in [1.165, 1.54) is 18.4 Å². The number of likely N-dealkylation sites (tertiary alicyclic amines) is 2. The summed E-state index contributed by atoms with van der Waals surface area (Å²) in [4.78, 5) is 17.3. The molecule has 0 bridgehead atoms. The second-order valence-corrected chi connectivity index (χ2v) is 8.06. The van der Waals surface area contributed by atoms with Crippen molar-refractivity contribution in [1.82, 2.24) is 9.80 Å². The van der Waals surface area contributed by atoms with Gasteiger partial charge in [0, 0.05) is 31.8 Å². The van der Waals surface area contributed by atoms with Gasteiger partial charge < -0.3 is 9.64 Å². The van der Waals surface area contributed by atoms with E-state index in [1.54, 1.807) is 12.1 Å². The normalized spacial score (nSPS) is 30.0. The predicted molar refractivity (Wildman–Crippen MR) is 98.2 cm³/mol. The summed E-state index contributed by atoms with van der Waals surface area (Å²) in [5.41, 5.74) is 1.36. The minimum Gasteiger partial charge on any atom is -0.368 e. The third kappa shape index (κ3) is 3.65. The average Bonchev–Trinajstić information content (AvgIpc) is 3.25. The standard InChI is InChI=1S/C21H29FN2O2/c22-18-7-5-17(6-8-18)16-24-13-3-10-21(24)9-2-12-23(14-11-21)20(25)19-4-1-15-26-19/h5-8,19H,1-4,9-16H2/t19-,21-/m1/s1. The van der Waals surface area contributed by atoms with Gasteiger partial charge in [0.1, 0.15) is 11.9 Å². The Balaban J connectivity index is 1.42. The molecule has 1 aromatic rings. The molecule has 3 heterocycles. The molecule has 2 atom stereocenters. The van der Waals surface area contributed by atoms with E-state index in [0.717, 1.165) is 64.9 Å². The minimum absolute atomic E-state index is 0.178. The van der Waals surface area contributed by atoms with Crippen LogP contribution in [0.25, 0.3) is 0 Å². The quantitative estimate of drug-likeness (QED) is 0.829. The first-order valence-corrected chi connectivity index (χ1v) is 10.1. The van der Waals surface area contributed by atoms with E-state index in [2.05, 4.69) is 4.90 Å². The van der Waals surface area contributed by atoms with Crippen LogP contribution >= 0.6 is 0 Å². The van der Waals surface area contributed by atoms with Gasteiger partial charge in [0.05, 0.1) is 0 Å². The summed E-state index contributed by atoms with van der Waals surface area (Å²) in [6.45, 7) is 4.38. The number of carbonyl (C=O) groups excluding carboxylic acids is 1. The fraction of sp³-hybridized carbons (Fsp3) is 0.667. The van der Waals surface area contributed by atoms with Crippen molar-refractivity contribution in [2.75, 3.05) is 26.2 Å². The number of carbonyl (C=O) groups is 1. The highest BCUT2D eigenvalue weighted by Crippen LogP contribution is 2.39. The third-order valence-electron chi connectivity index (χ3n) is 6.46. The van der Waals surface area contributed by atoms with Crippen molar-refractivity contribution in [1.29, 1.82) is 0 Å². The first kappa shape index (κ1) is 17.9. The molecule has 0 radical (unpaired) electrons. The zero-order valence-electron chi connectivity index (χ0n) is 15.5. The van der Waals surface area contributed by atoms with Gasteiger partial charge in [0.2, 0.25) is 0 Å². The van der Waals surface area contributed by atoms with Crippen LogP contribution < -0.4 is 0 Å². The number of rotatable bonds is 3. The summed E-state index contributed by atoms with van der Waals surface area (Å²) >= 11 is 0. The summed E-state index contributed by atoms with van der Waals surface area (Å²) in [6, 6.07) is 6.89. The summed E-state index contributed by atoms with van der Waals surface area (Å²) in [6.07, 6.45) is 7.31. The minimum atomic E-state index is -0.206. The van der Waals surface area contributed by atoms with Gasteiger partial charge >= 0.3 is 0 Å². The molecule has 26 heavy (non-hydrogen) atoms. The van der Waals surface area contributed by atoms with Crippen LogP contribution in [0.1, 0.15) is 50.5 Å². The molecule has 142 valence electrons. The topological polar surface area (TPSA) is 32.8 Å². The van der Waals surface area contributed by atoms with Crippen molar-refractivity contribution in [3.63, 3.8) is 0 Å². The van der Waals surface area contributed by atoms with E-state index < -0.39 is 0 Å². The monoisotopic (exact) mass is 360 g/mol. The molecule has 4 rings (SSSR count). The SMILES string of the molecule is O=C([C@H]1CCCO1)N1CCC[C@@]2(CCCN2Cc2ccc(F)cc2)CC1. The van der Waals surface area contributed by atoms with Crippen molar-refractivity contribution in [2.24, 2.45) is 0 Å². The van der Waals surface area contributed by atoms with E-state index >= 15 is 0 Å². The number of halogens is 1. The number of nitrogens with zero attached hydrogens (tertiary/aromatic N) is 2. The molecule has 3 saturated heterocycles. The lowest BCUT2D eigenvalue weighted by atomic mass is 9.87. The largest absolute Gasteiger partial charge is 0.368 e. The lowest BCUT2D eigenvalue weighted by Gasteiger charge is -2.38. The fourth-order valence-electron chi connectivity index (χ4n) is 4.99. The highest BCUT2D eigenvalue weighted by Gasteiger charge is 2.42. The Labute approximate surface area is 155 Å². The number of hydrogen-bond donors (Lipinski definition) is 0. The maximum Gasteiger partial charge on any atom is 0.251 e. The van der Waals surface area contributed by atoms with Crippen LogP contribution in [0.2, 0.25) is 0 Å². The van der Waals surface area contributed by atoms with Gasteiger partial charge in [-0.1, -0.05) is 12.1 Å². The van der Waals surface area contributed by atoms with Crippen LogP contribution in [0.3, 0.4) is 0 Å². The molecule has 0 unspecified atom stereocenters. The summed E-state index contributed by atoms with van der Waals surface area (Å²) < 4.78 is 18.8. The highest BCUT2D eigenvalue weighted by molar-refractivity contribution is 5.81. The van der Waals surface area contributed by atoms with Crippen LogP contribution in [-0.4, -0.2) is 53.6 Å². The van der Waals surface area contributed by atoms with Crippen LogP contribution in [-0.2, 0) is 16.1 Å². The molecule has 1 aromatic carbocycles. The van der Waals surface area contributed by atoms with Crippen molar-refractivity contribution in [2.45, 2.75) is 63.1 Å². The average molecular weight is 360 g/mol. The Hall–Kier alpha value is -1.46. The second kappa shape index (κ2) is 7.65. The van der Waals surface area contributed by atoms with E-state index in [4.69, 9.17) is 4.74 Å². The Morgan fingerprint density at radius 2 is 1.85 bits per heavy atom. The van der Waals surface area contributed by atoms with E-state index in [1.807, 2.05) is 17.0 Å². The molecule has 0 aromatic heterocycles. The van der Waals surface area contributed by atoms with Crippen molar-refractivity contribution >= 4 is 5.91 Å². The van der Waals surface area contributed by atoms with Crippen molar-refractivity contribution < 1.29 is 13.9 Å². The van der Waals surface area contributed by atoms with Crippen molar-refractivity contribution in [3.05, 3.63) is 35.6 Å². The number of ether oxygens (including phenoxy) is 1. The second-order valence-electron chi connectivity index (χ2n) is 8.06. The number of benzene rings is 1. The summed E-state index contributed by atoms with van der Waals surface area (Å²) in [5, 5.41) is 0. The zero-order valence-corrected chi connectivity index (χ0v) is 15.5. The molecule has 5 heteroatoms. The Morgan fingerprint density at radius 1 is 1.08 bits per heavy atom. The van der Waals surface area contributed by atoms with Crippen LogP contribution in [0.15, 0.2) is 24.3 Å². The smallest absolute Gasteiger partial charge is 0.251 e. The molecule has 3 aliphatic heterocycles. The molecule has 0 N–H and O–H groups in total. The summed E-state index contributed by atoms with van der Waals surface area (Å²) in [5.74, 6) is 0.0188. The molecule has 1 spiro atoms. The van der Waals surface area contributed by atoms with E-state index in [-0.39, 0.29) is 23.4 Å². The van der Waals surface area contributed by atoms with Gasteiger partial charge in [-0.2, -0.15) is 0 Å². The zero-order chi connectivity index (χ0) is 18.0. The maximum atomic E-state index is 13.2.